The van der Waals surface area contributed by atoms with E-state index < -0.39 is 0 Å². The van der Waals surface area contributed by atoms with Gasteiger partial charge in [0.2, 0.25) is 0 Å². The minimum Gasteiger partial charge on any atom is -0.410 e. The molecular weight excluding hydrogens is 232 g/mol. The highest BCUT2D eigenvalue weighted by Gasteiger charge is 2.18. The monoisotopic (exact) mass is 246 g/mol. The Labute approximate surface area is 104 Å². The fourth-order valence-electron chi connectivity index (χ4n) is 2.11. The predicted octanol–water partition coefficient (Wildman–Crippen LogP) is 1.71. The number of rotatable bonds is 1. The topological polar surface area (TPSA) is 59.7 Å². The number of fused-ring (bicyclic) bond motifs is 1. The molecule has 0 radical (unpaired) electrons. The lowest BCUT2D eigenvalue weighted by molar-refractivity contribution is 0.142. The van der Waals surface area contributed by atoms with Crippen molar-refractivity contribution in [2.24, 2.45) is 0 Å². The zero-order chi connectivity index (χ0) is 12.4. The first-order chi connectivity index (χ1) is 8.83. The minimum atomic E-state index is -0.272. The van der Waals surface area contributed by atoms with Gasteiger partial charge in [-0.25, -0.2) is 9.31 Å². The van der Waals surface area contributed by atoms with E-state index in [1.165, 1.54) is 6.42 Å². The van der Waals surface area contributed by atoms with E-state index in [1.807, 2.05) is 0 Å². The molecule has 0 saturated carbocycles. The number of ether oxygens (including phenoxy) is 1. The summed E-state index contributed by atoms with van der Waals surface area (Å²) >= 11 is 0. The molecule has 1 amide bonds. The van der Waals surface area contributed by atoms with Crippen LogP contribution in [-0.2, 0) is 0 Å². The molecule has 1 aliphatic heterocycles. The van der Waals surface area contributed by atoms with Crippen LogP contribution in [0.2, 0.25) is 0 Å². The van der Waals surface area contributed by atoms with Crippen LogP contribution in [0.1, 0.15) is 19.3 Å². The molecule has 0 aromatic carbocycles. The van der Waals surface area contributed by atoms with E-state index in [0.717, 1.165) is 31.4 Å². The summed E-state index contributed by atoms with van der Waals surface area (Å²) in [6.07, 6.45) is 6.38. The normalized spacial score (nSPS) is 15.9. The van der Waals surface area contributed by atoms with Crippen molar-refractivity contribution < 1.29 is 9.53 Å². The number of amides is 1. The SMILES string of the molecule is O=C(Oc1ccn2nncc2c1)N1CCCCC1. The average Bonchev–Trinajstić information content (AvgIpc) is 2.87. The highest BCUT2D eigenvalue weighted by molar-refractivity contribution is 5.71. The minimum absolute atomic E-state index is 0.272. The number of pyridine rings is 1. The predicted molar refractivity (Wildman–Crippen MR) is 64.4 cm³/mol. The van der Waals surface area contributed by atoms with Crippen LogP contribution in [-0.4, -0.2) is 38.9 Å². The largest absolute Gasteiger partial charge is 0.415 e. The van der Waals surface area contributed by atoms with E-state index in [1.54, 1.807) is 33.9 Å². The number of hydrogen-bond acceptors (Lipinski definition) is 4. The summed E-state index contributed by atoms with van der Waals surface area (Å²) < 4.78 is 6.97. The van der Waals surface area contributed by atoms with Crippen molar-refractivity contribution >= 4 is 11.6 Å². The molecule has 3 heterocycles. The van der Waals surface area contributed by atoms with Gasteiger partial charge < -0.3 is 9.64 Å². The molecule has 0 N–H and O–H groups in total. The number of aromatic nitrogens is 3. The third-order valence-electron chi connectivity index (χ3n) is 3.09. The number of nitrogens with zero attached hydrogens (tertiary/aromatic N) is 4. The molecule has 3 rings (SSSR count). The van der Waals surface area contributed by atoms with Crippen molar-refractivity contribution in [2.75, 3.05) is 13.1 Å². The van der Waals surface area contributed by atoms with Crippen LogP contribution in [0.15, 0.2) is 24.5 Å². The second kappa shape index (κ2) is 4.64. The Bertz CT molecular complexity index is 560. The molecule has 0 spiro atoms. The van der Waals surface area contributed by atoms with Crippen LogP contribution in [0.5, 0.6) is 5.75 Å². The fraction of sp³-hybridized carbons (Fsp3) is 0.417. The first-order valence-corrected chi connectivity index (χ1v) is 6.10. The second-order valence-corrected chi connectivity index (χ2v) is 4.38. The molecule has 0 aliphatic carbocycles. The van der Waals surface area contributed by atoms with Crippen molar-refractivity contribution in [1.82, 2.24) is 19.7 Å². The molecule has 6 nitrogen and oxygen atoms in total. The van der Waals surface area contributed by atoms with Crippen LogP contribution in [0.4, 0.5) is 4.79 Å². The Balaban J connectivity index is 1.72. The number of piperidine rings is 1. The quantitative estimate of drug-likeness (QED) is 0.768. The van der Waals surface area contributed by atoms with Crippen LogP contribution in [0.25, 0.3) is 5.52 Å². The number of hydrogen-bond donors (Lipinski definition) is 0. The molecule has 2 aromatic rings. The van der Waals surface area contributed by atoms with Gasteiger partial charge in [0.05, 0.1) is 11.7 Å². The van der Waals surface area contributed by atoms with Crippen molar-refractivity contribution in [3.8, 4) is 5.75 Å². The lowest BCUT2D eigenvalue weighted by Gasteiger charge is -2.25. The molecule has 0 atom stereocenters. The molecule has 94 valence electrons. The zero-order valence-electron chi connectivity index (χ0n) is 9.95. The highest BCUT2D eigenvalue weighted by atomic mass is 16.6. The van der Waals surface area contributed by atoms with Gasteiger partial charge in [-0.05, 0) is 25.3 Å². The summed E-state index contributed by atoms with van der Waals surface area (Å²) in [5, 5.41) is 7.62. The Kier molecular flexibility index (Phi) is 2.84. The van der Waals surface area contributed by atoms with Gasteiger partial charge in [-0.2, -0.15) is 0 Å². The Hall–Kier alpha value is -2.11. The number of carbonyl (C=O) groups is 1. The zero-order valence-corrected chi connectivity index (χ0v) is 9.95. The van der Waals surface area contributed by atoms with Gasteiger partial charge in [-0.1, -0.05) is 5.21 Å². The summed E-state index contributed by atoms with van der Waals surface area (Å²) in [6, 6.07) is 3.46. The molecule has 1 fully saturated rings. The van der Waals surface area contributed by atoms with Gasteiger partial charge in [-0.3, -0.25) is 0 Å². The van der Waals surface area contributed by atoms with Crippen LogP contribution >= 0.6 is 0 Å². The van der Waals surface area contributed by atoms with Crippen molar-refractivity contribution in [1.29, 1.82) is 0 Å². The van der Waals surface area contributed by atoms with Gasteiger partial charge >= 0.3 is 6.09 Å². The Morgan fingerprint density at radius 1 is 1.28 bits per heavy atom. The first kappa shape index (κ1) is 11.0. The standard InChI is InChI=1S/C12H14N4O2/c17-12(15-5-2-1-3-6-15)18-11-4-7-16-10(8-11)9-13-14-16/h4,7-9H,1-3,5-6H2. The van der Waals surface area contributed by atoms with E-state index in [0.29, 0.717) is 5.75 Å². The maximum absolute atomic E-state index is 11.9. The summed E-state index contributed by atoms with van der Waals surface area (Å²) in [5.41, 5.74) is 0.805. The van der Waals surface area contributed by atoms with E-state index >= 15 is 0 Å². The van der Waals surface area contributed by atoms with Gasteiger partial charge in [0, 0.05) is 25.4 Å². The summed E-state index contributed by atoms with van der Waals surface area (Å²) in [4.78, 5) is 13.7. The smallest absolute Gasteiger partial charge is 0.410 e. The molecule has 2 aromatic heterocycles. The van der Waals surface area contributed by atoms with Crippen molar-refractivity contribution in [3.63, 3.8) is 0 Å². The molecule has 1 aliphatic rings. The fourth-order valence-corrected chi connectivity index (χ4v) is 2.11. The van der Waals surface area contributed by atoms with E-state index in [-0.39, 0.29) is 6.09 Å². The molecule has 0 bridgehead atoms. The van der Waals surface area contributed by atoms with Gasteiger partial charge in [-0.15, -0.1) is 5.10 Å². The third kappa shape index (κ3) is 2.13. The number of likely N-dealkylation sites (tertiary alicyclic amines) is 1. The summed E-state index contributed by atoms with van der Waals surface area (Å²) in [7, 11) is 0. The van der Waals surface area contributed by atoms with Gasteiger partial charge in [0.25, 0.3) is 0 Å². The van der Waals surface area contributed by atoms with Crippen LogP contribution < -0.4 is 4.74 Å². The maximum Gasteiger partial charge on any atom is 0.415 e. The Morgan fingerprint density at radius 2 is 2.11 bits per heavy atom. The van der Waals surface area contributed by atoms with E-state index in [4.69, 9.17) is 4.74 Å². The average molecular weight is 246 g/mol. The van der Waals surface area contributed by atoms with Gasteiger partial charge in [0.15, 0.2) is 0 Å². The van der Waals surface area contributed by atoms with Crippen LogP contribution in [0.3, 0.4) is 0 Å². The second-order valence-electron chi connectivity index (χ2n) is 4.38. The Morgan fingerprint density at radius 3 is 2.94 bits per heavy atom. The van der Waals surface area contributed by atoms with Crippen LogP contribution in [0, 0.1) is 0 Å². The lowest BCUT2D eigenvalue weighted by atomic mass is 10.1. The first-order valence-electron chi connectivity index (χ1n) is 6.10. The van der Waals surface area contributed by atoms with E-state index in [2.05, 4.69) is 10.3 Å². The molecule has 1 saturated heterocycles. The molecule has 0 unspecified atom stereocenters. The third-order valence-corrected chi connectivity index (χ3v) is 3.09. The molecule has 6 heteroatoms. The van der Waals surface area contributed by atoms with E-state index in [9.17, 15) is 4.79 Å². The maximum atomic E-state index is 11.9. The lowest BCUT2D eigenvalue weighted by Crippen LogP contribution is -2.37. The summed E-state index contributed by atoms with van der Waals surface area (Å²) in [5.74, 6) is 0.528. The number of carbonyl (C=O) groups excluding carboxylic acids is 1. The van der Waals surface area contributed by atoms with Crippen molar-refractivity contribution in [3.05, 3.63) is 24.5 Å². The van der Waals surface area contributed by atoms with Crippen molar-refractivity contribution in [2.45, 2.75) is 19.3 Å². The van der Waals surface area contributed by atoms with Gasteiger partial charge in [0.1, 0.15) is 5.75 Å². The molecular formula is C12H14N4O2. The summed E-state index contributed by atoms with van der Waals surface area (Å²) in [6.45, 7) is 1.57. The highest BCUT2D eigenvalue weighted by Crippen LogP contribution is 2.16. The molecule has 18 heavy (non-hydrogen) atoms.